The number of hydrogen-bond acceptors (Lipinski definition) is 2. The second-order valence-electron chi connectivity index (χ2n) is 4.04. The Labute approximate surface area is 95.9 Å². The van der Waals surface area contributed by atoms with Gasteiger partial charge < -0.3 is 5.32 Å². The Morgan fingerprint density at radius 3 is 2.88 bits per heavy atom. The summed E-state index contributed by atoms with van der Waals surface area (Å²) < 4.78 is 12.9. The maximum atomic E-state index is 12.9. The average molecular weight is 223 g/mol. The van der Waals surface area contributed by atoms with Gasteiger partial charge in [-0.2, -0.15) is 0 Å². The fourth-order valence-corrected chi connectivity index (χ4v) is 1.37. The number of carbonyl (C=O) groups excluding carboxylic acids is 1. The Balaban J connectivity index is 2.40. The molecule has 0 aliphatic rings. The van der Waals surface area contributed by atoms with Crippen LogP contribution in [0.15, 0.2) is 24.3 Å². The molecule has 16 heavy (non-hydrogen) atoms. The molecule has 0 bridgehead atoms. The van der Waals surface area contributed by atoms with Crippen LogP contribution in [0.5, 0.6) is 0 Å². The van der Waals surface area contributed by atoms with Gasteiger partial charge in [0.2, 0.25) is 0 Å². The minimum absolute atomic E-state index is 0.0888. The summed E-state index contributed by atoms with van der Waals surface area (Å²) in [5, 5.41) is 3.12. The number of hydrogen-bond donors (Lipinski definition) is 1. The van der Waals surface area contributed by atoms with Gasteiger partial charge >= 0.3 is 0 Å². The largest absolute Gasteiger partial charge is 0.307 e. The van der Waals surface area contributed by atoms with Gasteiger partial charge in [0.15, 0.2) is 5.78 Å². The topological polar surface area (TPSA) is 29.1 Å². The molecule has 1 atom stereocenters. The number of nitrogens with one attached hydrogen (secondary N) is 1. The van der Waals surface area contributed by atoms with E-state index in [4.69, 9.17) is 0 Å². The first kappa shape index (κ1) is 12.8. The van der Waals surface area contributed by atoms with E-state index in [1.54, 1.807) is 12.1 Å². The van der Waals surface area contributed by atoms with Gasteiger partial charge in [0, 0.05) is 12.5 Å². The molecule has 0 aliphatic heterocycles. The molecule has 1 aromatic carbocycles. The van der Waals surface area contributed by atoms with Gasteiger partial charge in [0.05, 0.1) is 6.54 Å². The molecule has 1 unspecified atom stereocenters. The van der Waals surface area contributed by atoms with Crippen molar-refractivity contribution in [2.75, 3.05) is 6.54 Å². The molecule has 3 heteroatoms. The Morgan fingerprint density at radius 2 is 2.25 bits per heavy atom. The first-order valence-electron chi connectivity index (χ1n) is 5.61. The van der Waals surface area contributed by atoms with Crippen LogP contribution < -0.4 is 5.32 Å². The quantitative estimate of drug-likeness (QED) is 0.802. The highest BCUT2D eigenvalue weighted by Gasteiger charge is 2.06. The van der Waals surface area contributed by atoms with E-state index in [0.29, 0.717) is 19.0 Å². The van der Waals surface area contributed by atoms with Crippen molar-refractivity contribution < 1.29 is 9.18 Å². The number of benzene rings is 1. The summed E-state index contributed by atoms with van der Waals surface area (Å²) in [7, 11) is 0. The first-order valence-corrected chi connectivity index (χ1v) is 5.61. The molecule has 0 fully saturated rings. The Kier molecular flexibility index (Phi) is 5.12. The van der Waals surface area contributed by atoms with Crippen LogP contribution in [0.1, 0.15) is 25.8 Å². The molecular weight excluding hydrogens is 205 g/mol. The van der Waals surface area contributed by atoms with E-state index in [9.17, 15) is 9.18 Å². The highest BCUT2D eigenvalue weighted by Crippen LogP contribution is 2.04. The lowest BCUT2D eigenvalue weighted by molar-refractivity contribution is -0.117. The molecule has 0 radical (unpaired) electrons. The van der Waals surface area contributed by atoms with Crippen molar-refractivity contribution in [3.63, 3.8) is 0 Å². The predicted molar refractivity (Wildman–Crippen MR) is 62.9 cm³/mol. The summed E-state index contributed by atoms with van der Waals surface area (Å²) in [5.41, 5.74) is 0.732. The Bertz CT molecular complexity index is 352. The van der Waals surface area contributed by atoms with Crippen LogP contribution in [0.4, 0.5) is 4.39 Å². The van der Waals surface area contributed by atoms with E-state index in [2.05, 4.69) is 12.2 Å². The Morgan fingerprint density at radius 1 is 1.50 bits per heavy atom. The molecule has 2 nitrogen and oxygen atoms in total. The molecule has 1 rings (SSSR count). The normalized spacial score (nSPS) is 12.4. The van der Waals surface area contributed by atoms with Gasteiger partial charge in [0.1, 0.15) is 5.82 Å². The van der Waals surface area contributed by atoms with Crippen LogP contribution in [0.2, 0.25) is 0 Å². The molecule has 0 spiro atoms. The molecule has 0 heterocycles. The fourth-order valence-electron chi connectivity index (χ4n) is 1.37. The SMILES string of the molecule is CCC(C)NCC(=O)Cc1cccc(F)c1. The predicted octanol–water partition coefficient (Wildman–Crippen LogP) is 2.33. The number of carbonyl (C=O) groups is 1. The third-order valence-corrected chi connectivity index (χ3v) is 2.55. The third-order valence-electron chi connectivity index (χ3n) is 2.55. The summed E-state index contributed by atoms with van der Waals surface area (Å²) in [5.74, 6) is -0.203. The van der Waals surface area contributed by atoms with Crippen molar-refractivity contribution in [1.82, 2.24) is 5.32 Å². The average Bonchev–Trinajstić information content (AvgIpc) is 2.26. The zero-order valence-corrected chi connectivity index (χ0v) is 9.79. The molecule has 0 aliphatic carbocycles. The summed E-state index contributed by atoms with van der Waals surface area (Å²) in [4.78, 5) is 11.6. The van der Waals surface area contributed by atoms with Crippen molar-refractivity contribution in [2.45, 2.75) is 32.7 Å². The summed E-state index contributed by atoms with van der Waals surface area (Å²) >= 11 is 0. The minimum Gasteiger partial charge on any atom is -0.307 e. The van der Waals surface area contributed by atoms with Gasteiger partial charge in [-0.25, -0.2) is 4.39 Å². The monoisotopic (exact) mass is 223 g/mol. The van der Waals surface area contributed by atoms with Crippen molar-refractivity contribution >= 4 is 5.78 Å². The third kappa shape index (κ3) is 4.53. The summed E-state index contributed by atoms with van der Waals surface area (Å²) in [6, 6.07) is 6.52. The first-order chi connectivity index (χ1) is 7.61. The number of ketones is 1. The molecule has 0 aromatic heterocycles. The van der Waals surface area contributed by atoms with Crippen LogP contribution in [0.3, 0.4) is 0 Å². The summed E-state index contributed by atoms with van der Waals surface area (Å²) in [6.45, 7) is 4.45. The molecule has 1 N–H and O–H groups in total. The van der Waals surface area contributed by atoms with E-state index >= 15 is 0 Å². The standard InChI is InChI=1S/C13H18FNO/c1-3-10(2)15-9-13(16)8-11-5-4-6-12(14)7-11/h4-7,10,15H,3,8-9H2,1-2H3. The highest BCUT2D eigenvalue weighted by molar-refractivity contribution is 5.82. The van der Waals surface area contributed by atoms with E-state index in [1.807, 2.05) is 6.92 Å². The fraction of sp³-hybridized carbons (Fsp3) is 0.462. The maximum absolute atomic E-state index is 12.9. The van der Waals surface area contributed by atoms with E-state index < -0.39 is 0 Å². The van der Waals surface area contributed by atoms with E-state index in [0.717, 1.165) is 12.0 Å². The minimum atomic E-state index is -0.291. The molecular formula is C13H18FNO. The number of Topliss-reactive ketones (excluding diaryl/α,β-unsaturated/α-hetero) is 1. The van der Waals surface area contributed by atoms with Crippen molar-refractivity contribution in [2.24, 2.45) is 0 Å². The van der Waals surface area contributed by atoms with Crippen LogP contribution in [-0.4, -0.2) is 18.4 Å². The van der Waals surface area contributed by atoms with Crippen LogP contribution >= 0.6 is 0 Å². The van der Waals surface area contributed by atoms with Gasteiger partial charge in [-0.05, 0) is 31.0 Å². The molecule has 88 valence electrons. The molecule has 1 aromatic rings. The molecule has 0 saturated heterocycles. The zero-order valence-electron chi connectivity index (χ0n) is 9.79. The smallest absolute Gasteiger partial charge is 0.150 e. The second kappa shape index (κ2) is 6.38. The van der Waals surface area contributed by atoms with Gasteiger partial charge in [-0.1, -0.05) is 19.1 Å². The summed E-state index contributed by atoms with van der Waals surface area (Å²) in [6.07, 6.45) is 1.29. The van der Waals surface area contributed by atoms with E-state index in [1.165, 1.54) is 12.1 Å². The number of rotatable bonds is 6. The lowest BCUT2D eigenvalue weighted by atomic mass is 10.1. The van der Waals surface area contributed by atoms with Gasteiger partial charge in [-0.15, -0.1) is 0 Å². The van der Waals surface area contributed by atoms with Crippen molar-refractivity contribution in [3.05, 3.63) is 35.6 Å². The Hall–Kier alpha value is -1.22. The van der Waals surface area contributed by atoms with Crippen molar-refractivity contribution in [3.8, 4) is 0 Å². The number of halogens is 1. The van der Waals surface area contributed by atoms with E-state index in [-0.39, 0.29) is 11.6 Å². The lowest BCUT2D eigenvalue weighted by Crippen LogP contribution is -2.31. The molecule has 0 saturated carbocycles. The zero-order chi connectivity index (χ0) is 12.0. The molecule has 0 amide bonds. The van der Waals surface area contributed by atoms with Gasteiger partial charge in [0.25, 0.3) is 0 Å². The van der Waals surface area contributed by atoms with Crippen LogP contribution in [0, 0.1) is 5.82 Å². The van der Waals surface area contributed by atoms with Crippen LogP contribution in [0.25, 0.3) is 0 Å². The lowest BCUT2D eigenvalue weighted by Gasteiger charge is -2.10. The second-order valence-corrected chi connectivity index (χ2v) is 4.04. The maximum Gasteiger partial charge on any atom is 0.150 e. The highest BCUT2D eigenvalue weighted by atomic mass is 19.1. The van der Waals surface area contributed by atoms with Crippen molar-refractivity contribution in [1.29, 1.82) is 0 Å². The van der Waals surface area contributed by atoms with Crippen LogP contribution in [-0.2, 0) is 11.2 Å². The van der Waals surface area contributed by atoms with Gasteiger partial charge in [-0.3, -0.25) is 4.79 Å².